The van der Waals surface area contributed by atoms with Gasteiger partial charge in [0.25, 0.3) is 0 Å². The molecule has 20 heavy (non-hydrogen) atoms. The molecule has 6 nitrogen and oxygen atoms in total. The summed E-state index contributed by atoms with van der Waals surface area (Å²) in [6.07, 6.45) is -3.54. The van der Waals surface area contributed by atoms with Crippen molar-refractivity contribution in [2.45, 2.75) is 31.5 Å². The molecule has 0 bridgehead atoms. The molecule has 9 heteroatoms. The van der Waals surface area contributed by atoms with Gasteiger partial charge in [-0.1, -0.05) is 0 Å². The fraction of sp³-hybridized carbons (Fsp3) is 0.545. The van der Waals surface area contributed by atoms with Gasteiger partial charge in [-0.15, -0.1) is 0 Å². The van der Waals surface area contributed by atoms with E-state index in [-0.39, 0.29) is 24.2 Å². The molecule has 2 amide bonds. The van der Waals surface area contributed by atoms with Gasteiger partial charge >= 0.3 is 6.18 Å². The molecule has 1 aromatic rings. The van der Waals surface area contributed by atoms with E-state index in [1.807, 2.05) is 0 Å². The minimum Gasteiger partial charge on any atom is -0.342 e. The van der Waals surface area contributed by atoms with Crippen molar-refractivity contribution in [2.24, 2.45) is 0 Å². The third kappa shape index (κ3) is 3.09. The largest absolute Gasteiger partial charge is 0.432 e. The maximum atomic E-state index is 12.3. The minimum atomic E-state index is -4.53. The van der Waals surface area contributed by atoms with Crippen LogP contribution in [-0.4, -0.2) is 40.0 Å². The second kappa shape index (κ2) is 5.14. The summed E-state index contributed by atoms with van der Waals surface area (Å²) in [6, 6.07) is 0.505. The van der Waals surface area contributed by atoms with E-state index in [9.17, 15) is 22.8 Å². The first-order valence-corrected chi connectivity index (χ1v) is 5.95. The highest BCUT2D eigenvalue weighted by Gasteiger charge is 2.33. The second-order valence-electron chi connectivity index (χ2n) is 4.61. The zero-order valence-electron chi connectivity index (χ0n) is 10.6. The molecular formula is C11H13F3N4O2. The van der Waals surface area contributed by atoms with E-state index in [1.165, 1.54) is 4.90 Å². The maximum absolute atomic E-state index is 12.3. The van der Waals surface area contributed by atoms with Crippen molar-refractivity contribution in [1.82, 2.24) is 15.1 Å². The first-order valence-electron chi connectivity index (χ1n) is 5.95. The number of carbonyl (C=O) groups excluding carboxylic acids is 2. The third-order valence-electron chi connectivity index (χ3n) is 3.20. The lowest BCUT2D eigenvalue weighted by molar-refractivity contribution is -0.141. The average molecular weight is 290 g/mol. The molecule has 1 atom stereocenters. The molecule has 0 saturated carbocycles. The predicted octanol–water partition coefficient (Wildman–Crippen LogP) is 1.38. The van der Waals surface area contributed by atoms with E-state index in [1.54, 1.807) is 12.1 Å². The van der Waals surface area contributed by atoms with Crippen molar-refractivity contribution in [1.29, 1.82) is 0 Å². The molecule has 1 aliphatic rings. The summed E-state index contributed by atoms with van der Waals surface area (Å²) in [6.45, 7) is 0. The second-order valence-corrected chi connectivity index (χ2v) is 4.61. The predicted molar refractivity (Wildman–Crippen MR) is 62.6 cm³/mol. The first kappa shape index (κ1) is 14.4. The Bertz CT molecular complexity index is 526. The van der Waals surface area contributed by atoms with Gasteiger partial charge in [0.05, 0.1) is 0 Å². The Morgan fingerprint density at radius 2 is 2.30 bits per heavy atom. The Morgan fingerprint density at radius 1 is 1.60 bits per heavy atom. The molecule has 1 saturated heterocycles. The molecule has 110 valence electrons. The molecule has 0 aromatic carbocycles. The highest BCUT2D eigenvalue weighted by molar-refractivity contribution is 5.91. The number of hydrogen-bond donors (Lipinski definition) is 2. The maximum Gasteiger partial charge on any atom is 0.432 e. The number of nitrogens with one attached hydrogen (secondary N) is 2. The topological polar surface area (TPSA) is 78.1 Å². The number of H-pyrrole nitrogens is 1. The van der Waals surface area contributed by atoms with Crippen LogP contribution in [0, 0.1) is 0 Å². The van der Waals surface area contributed by atoms with Gasteiger partial charge < -0.3 is 10.2 Å². The summed E-state index contributed by atoms with van der Waals surface area (Å²) in [5.41, 5.74) is -1.03. The molecule has 2 N–H and O–H groups in total. The third-order valence-corrected chi connectivity index (χ3v) is 3.20. The van der Waals surface area contributed by atoms with E-state index in [0.717, 1.165) is 6.07 Å². The van der Waals surface area contributed by atoms with Crippen molar-refractivity contribution in [3.8, 4) is 0 Å². The number of nitrogens with zero attached hydrogens (tertiary/aromatic N) is 2. The van der Waals surface area contributed by atoms with E-state index in [0.29, 0.717) is 12.8 Å². The number of alkyl halides is 3. The molecule has 1 fully saturated rings. The monoisotopic (exact) mass is 290 g/mol. The minimum absolute atomic E-state index is 0.0381. The highest BCUT2D eigenvalue weighted by Crippen LogP contribution is 2.28. The number of anilines is 1. The Morgan fingerprint density at radius 3 is 2.80 bits per heavy atom. The van der Waals surface area contributed by atoms with Gasteiger partial charge in [-0.2, -0.15) is 18.3 Å². The van der Waals surface area contributed by atoms with Crippen molar-refractivity contribution in [3.05, 3.63) is 11.8 Å². The molecular weight excluding hydrogens is 277 g/mol. The van der Waals surface area contributed by atoms with Crippen molar-refractivity contribution in [3.63, 3.8) is 0 Å². The number of aromatic nitrogens is 2. The van der Waals surface area contributed by atoms with Crippen LogP contribution >= 0.6 is 0 Å². The number of likely N-dealkylation sites (tertiary alicyclic amines) is 1. The number of amides is 2. The van der Waals surface area contributed by atoms with E-state index in [2.05, 4.69) is 10.4 Å². The lowest BCUT2D eigenvalue weighted by Gasteiger charge is -2.18. The summed E-state index contributed by atoms with van der Waals surface area (Å²) in [5, 5.41) is 7.46. The van der Waals surface area contributed by atoms with Crippen LogP contribution in [0.5, 0.6) is 0 Å². The Hall–Kier alpha value is -2.06. The normalized spacial score (nSPS) is 19.5. The van der Waals surface area contributed by atoms with Gasteiger partial charge in [0.2, 0.25) is 11.8 Å². The standard InChI is InChI=1S/C11H13F3N4O2/c1-18-6(2-3-10(18)20)4-9(19)15-8-5-7(16-17-8)11(12,13)14/h5-6H,2-4H2,1H3,(H2,15,16,17,19). The summed E-state index contributed by atoms with van der Waals surface area (Å²) >= 11 is 0. The number of rotatable bonds is 3. The quantitative estimate of drug-likeness (QED) is 0.882. The first-order chi connectivity index (χ1) is 9.27. The summed E-state index contributed by atoms with van der Waals surface area (Å²) in [7, 11) is 1.60. The van der Waals surface area contributed by atoms with Crippen LogP contribution in [0.4, 0.5) is 19.0 Å². The van der Waals surface area contributed by atoms with Crippen LogP contribution in [0.2, 0.25) is 0 Å². The van der Waals surface area contributed by atoms with Crippen LogP contribution in [0.25, 0.3) is 0 Å². The van der Waals surface area contributed by atoms with Gasteiger partial charge in [0, 0.05) is 32.0 Å². The van der Waals surface area contributed by atoms with Gasteiger partial charge in [-0.25, -0.2) is 0 Å². The van der Waals surface area contributed by atoms with Gasteiger partial charge in [-0.05, 0) is 6.42 Å². The van der Waals surface area contributed by atoms with Crippen LogP contribution in [-0.2, 0) is 15.8 Å². The Balaban J connectivity index is 1.92. The van der Waals surface area contributed by atoms with Gasteiger partial charge in [-0.3, -0.25) is 14.7 Å². The van der Waals surface area contributed by atoms with Crippen LogP contribution in [0.3, 0.4) is 0 Å². The molecule has 2 rings (SSSR count). The molecule has 1 aromatic heterocycles. The summed E-state index contributed by atoms with van der Waals surface area (Å²) < 4.78 is 37.0. The molecule has 0 spiro atoms. The zero-order chi connectivity index (χ0) is 14.9. The lowest BCUT2D eigenvalue weighted by atomic mass is 10.1. The number of carbonyl (C=O) groups is 2. The zero-order valence-corrected chi connectivity index (χ0v) is 10.6. The van der Waals surface area contributed by atoms with E-state index in [4.69, 9.17) is 0 Å². The van der Waals surface area contributed by atoms with Crippen LogP contribution in [0.15, 0.2) is 6.07 Å². The SMILES string of the molecule is CN1C(=O)CCC1CC(=O)Nc1cc(C(F)(F)F)[nH]n1. The average Bonchev–Trinajstić information content (AvgIpc) is 2.91. The van der Waals surface area contributed by atoms with Crippen LogP contribution in [0.1, 0.15) is 25.0 Å². The van der Waals surface area contributed by atoms with Crippen molar-refractivity contribution >= 4 is 17.6 Å². The Labute approximate surface area is 112 Å². The summed E-state index contributed by atoms with van der Waals surface area (Å²) in [4.78, 5) is 24.5. The van der Waals surface area contributed by atoms with Gasteiger partial charge in [0.15, 0.2) is 5.82 Å². The fourth-order valence-corrected chi connectivity index (χ4v) is 2.04. The van der Waals surface area contributed by atoms with Crippen molar-refractivity contribution < 1.29 is 22.8 Å². The number of aromatic amines is 1. The highest BCUT2D eigenvalue weighted by atomic mass is 19.4. The van der Waals surface area contributed by atoms with E-state index < -0.39 is 17.8 Å². The number of hydrogen-bond acceptors (Lipinski definition) is 3. The molecule has 1 unspecified atom stereocenters. The van der Waals surface area contributed by atoms with Crippen LogP contribution < -0.4 is 5.32 Å². The number of halogens is 3. The van der Waals surface area contributed by atoms with Crippen molar-refractivity contribution in [2.75, 3.05) is 12.4 Å². The smallest absolute Gasteiger partial charge is 0.342 e. The summed E-state index contributed by atoms with van der Waals surface area (Å²) in [5.74, 6) is -0.701. The lowest BCUT2D eigenvalue weighted by Crippen LogP contribution is -2.32. The molecule has 1 aliphatic heterocycles. The molecule has 0 radical (unpaired) electrons. The molecule has 2 heterocycles. The Kier molecular flexibility index (Phi) is 3.69. The van der Waals surface area contributed by atoms with Gasteiger partial charge in [0.1, 0.15) is 5.69 Å². The molecule has 0 aliphatic carbocycles. The fourth-order valence-electron chi connectivity index (χ4n) is 2.04. The van der Waals surface area contributed by atoms with E-state index >= 15 is 0 Å².